The summed E-state index contributed by atoms with van der Waals surface area (Å²) >= 11 is 0. The number of rotatable bonds is 8. The zero-order valence-electron chi connectivity index (χ0n) is 14.6. The molecule has 160 valence electrons. The van der Waals surface area contributed by atoms with Crippen molar-refractivity contribution in [2.45, 2.75) is 49.7 Å². The summed E-state index contributed by atoms with van der Waals surface area (Å²) in [4.78, 5) is 24.2. The van der Waals surface area contributed by atoms with E-state index >= 15 is 0 Å². The Morgan fingerprint density at radius 1 is 0.704 bits per heavy atom. The van der Waals surface area contributed by atoms with E-state index in [1.807, 2.05) is 0 Å². The number of carbonyl (C=O) groups excluding carboxylic acids is 2. The van der Waals surface area contributed by atoms with Crippen LogP contribution in [0.1, 0.15) is 34.1 Å². The van der Waals surface area contributed by atoms with E-state index in [4.69, 9.17) is 0 Å². The number of Topliss-reactive ketones (excluding diaryl/α,β-unsaturated/α-hetero) is 2. The molecule has 0 N–H and O–H groups in total. The Kier molecular flexibility index (Phi) is 7.70. The molecule has 0 rings (SSSR count). The maximum Gasteiger partial charge on any atom is 0.498 e. The molecule has 0 aliphatic heterocycles. The third kappa shape index (κ3) is 5.42. The average Bonchev–Trinajstić information content (AvgIpc) is 2.43. The van der Waals surface area contributed by atoms with Gasteiger partial charge in [0.15, 0.2) is 4.58 Å². The standard InChI is InChI=1S/C13H18F6O6S2/c1-6(2)10(20)8(11(21)7(3)4)5-9(26(22,23)12(14,15)16)27(24,25)13(17,18)19/h6-9H,5H2,1-4H3. The highest BCUT2D eigenvalue weighted by molar-refractivity contribution is 8.09. The minimum Gasteiger partial charge on any atom is -0.299 e. The first-order valence-corrected chi connectivity index (χ1v) is 10.5. The van der Waals surface area contributed by atoms with Crippen LogP contribution in [-0.2, 0) is 29.3 Å². The summed E-state index contributed by atoms with van der Waals surface area (Å²) in [6.07, 6.45) is -1.97. The van der Waals surface area contributed by atoms with Gasteiger partial charge in [0.2, 0.25) is 0 Å². The quantitative estimate of drug-likeness (QED) is 0.418. The van der Waals surface area contributed by atoms with Gasteiger partial charge in [-0.25, -0.2) is 16.8 Å². The van der Waals surface area contributed by atoms with Crippen LogP contribution in [0.25, 0.3) is 0 Å². The van der Waals surface area contributed by atoms with Crippen LogP contribution in [0, 0.1) is 17.8 Å². The second-order valence-electron chi connectivity index (χ2n) is 6.31. The van der Waals surface area contributed by atoms with Crippen molar-refractivity contribution in [3.05, 3.63) is 0 Å². The van der Waals surface area contributed by atoms with Gasteiger partial charge in [0.25, 0.3) is 19.7 Å². The van der Waals surface area contributed by atoms with Crippen LogP contribution < -0.4 is 0 Å². The molecule has 0 aromatic rings. The van der Waals surface area contributed by atoms with Crippen molar-refractivity contribution >= 4 is 31.2 Å². The van der Waals surface area contributed by atoms with Gasteiger partial charge >= 0.3 is 11.0 Å². The number of alkyl halides is 6. The summed E-state index contributed by atoms with van der Waals surface area (Å²) in [5.41, 5.74) is -12.7. The van der Waals surface area contributed by atoms with E-state index in [-0.39, 0.29) is 0 Å². The zero-order chi connectivity index (χ0) is 22.2. The maximum atomic E-state index is 12.8. The highest BCUT2D eigenvalue weighted by Crippen LogP contribution is 2.39. The molecule has 0 heterocycles. The summed E-state index contributed by atoms with van der Waals surface area (Å²) in [7, 11) is -13.8. The van der Waals surface area contributed by atoms with Gasteiger partial charge in [-0.15, -0.1) is 0 Å². The molecular formula is C13H18F6O6S2. The van der Waals surface area contributed by atoms with Crippen LogP contribution in [0.2, 0.25) is 0 Å². The molecular weight excluding hydrogens is 430 g/mol. The molecule has 0 aliphatic carbocycles. The number of ketones is 2. The number of carbonyl (C=O) groups is 2. The molecule has 0 amide bonds. The Labute approximate surface area is 152 Å². The molecule has 0 spiro atoms. The van der Waals surface area contributed by atoms with Gasteiger partial charge in [0.05, 0.1) is 5.92 Å². The normalized spacial score (nSPS) is 14.4. The first-order valence-electron chi connectivity index (χ1n) is 7.37. The van der Waals surface area contributed by atoms with Crippen molar-refractivity contribution in [1.82, 2.24) is 0 Å². The Hall–Kier alpha value is -1.18. The SMILES string of the molecule is CC(C)C(=O)C(CC(S(=O)(=O)C(F)(F)F)S(=O)(=O)C(F)(F)F)C(=O)C(C)C. The van der Waals surface area contributed by atoms with E-state index in [1.54, 1.807) is 0 Å². The van der Waals surface area contributed by atoms with Gasteiger partial charge in [-0.3, -0.25) is 9.59 Å². The van der Waals surface area contributed by atoms with Crippen LogP contribution in [0.15, 0.2) is 0 Å². The summed E-state index contributed by atoms with van der Waals surface area (Å²) in [6, 6.07) is 0. The van der Waals surface area contributed by atoms with Gasteiger partial charge in [-0.2, -0.15) is 26.3 Å². The molecule has 0 atom stereocenters. The highest BCUT2D eigenvalue weighted by Gasteiger charge is 2.63. The van der Waals surface area contributed by atoms with E-state index in [0.717, 1.165) is 0 Å². The lowest BCUT2D eigenvalue weighted by molar-refractivity contribution is -0.136. The largest absolute Gasteiger partial charge is 0.498 e. The predicted molar refractivity (Wildman–Crippen MR) is 81.5 cm³/mol. The monoisotopic (exact) mass is 448 g/mol. The molecule has 0 aromatic carbocycles. The fraction of sp³-hybridized carbons (Fsp3) is 0.846. The van der Waals surface area contributed by atoms with Crippen molar-refractivity contribution in [3.63, 3.8) is 0 Å². The molecule has 0 bridgehead atoms. The zero-order valence-corrected chi connectivity index (χ0v) is 16.2. The van der Waals surface area contributed by atoms with Gasteiger partial charge in [-0.05, 0) is 6.42 Å². The van der Waals surface area contributed by atoms with Crippen molar-refractivity contribution < 1.29 is 52.8 Å². The lowest BCUT2D eigenvalue weighted by Crippen LogP contribution is -2.47. The van der Waals surface area contributed by atoms with Crippen molar-refractivity contribution in [2.75, 3.05) is 0 Å². The molecule has 0 fully saturated rings. The van der Waals surface area contributed by atoms with E-state index < -0.39 is 71.0 Å². The minimum absolute atomic E-state index is 1.07. The van der Waals surface area contributed by atoms with Crippen LogP contribution in [-0.4, -0.2) is 44.0 Å². The molecule has 0 saturated carbocycles. The molecule has 0 aliphatic rings. The van der Waals surface area contributed by atoms with Crippen LogP contribution in [0.5, 0.6) is 0 Å². The number of halogens is 6. The van der Waals surface area contributed by atoms with Gasteiger partial charge in [0.1, 0.15) is 11.6 Å². The first kappa shape index (κ1) is 25.8. The number of hydrogen-bond acceptors (Lipinski definition) is 6. The lowest BCUT2D eigenvalue weighted by atomic mass is 9.85. The molecule has 0 saturated heterocycles. The van der Waals surface area contributed by atoms with E-state index in [1.165, 1.54) is 27.7 Å². The fourth-order valence-corrected chi connectivity index (χ4v) is 5.56. The molecule has 27 heavy (non-hydrogen) atoms. The summed E-state index contributed by atoms with van der Waals surface area (Å²) < 4.78 is 119. The molecule has 0 radical (unpaired) electrons. The lowest BCUT2D eigenvalue weighted by Gasteiger charge is -2.25. The van der Waals surface area contributed by atoms with Crippen LogP contribution in [0.4, 0.5) is 26.3 Å². The topological polar surface area (TPSA) is 102 Å². The number of sulfone groups is 2. The third-order valence-electron chi connectivity index (χ3n) is 3.59. The Morgan fingerprint density at radius 2 is 0.963 bits per heavy atom. The van der Waals surface area contributed by atoms with E-state index in [2.05, 4.69) is 0 Å². The van der Waals surface area contributed by atoms with E-state index in [0.29, 0.717) is 0 Å². The van der Waals surface area contributed by atoms with Crippen LogP contribution in [0.3, 0.4) is 0 Å². The molecule has 0 aromatic heterocycles. The van der Waals surface area contributed by atoms with Gasteiger partial charge < -0.3 is 0 Å². The number of hydrogen-bond donors (Lipinski definition) is 0. The minimum atomic E-state index is -6.91. The second kappa shape index (κ2) is 8.05. The molecule has 0 unspecified atom stereocenters. The summed E-state index contributed by atoms with van der Waals surface area (Å²) in [5, 5.41) is 0. The van der Waals surface area contributed by atoms with Crippen molar-refractivity contribution in [3.8, 4) is 0 Å². The molecule has 14 heteroatoms. The smallest absolute Gasteiger partial charge is 0.299 e. The Bertz CT molecular complexity index is 713. The van der Waals surface area contributed by atoms with Gasteiger partial charge in [-0.1, -0.05) is 27.7 Å². The second-order valence-corrected chi connectivity index (χ2v) is 10.9. The third-order valence-corrected chi connectivity index (χ3v) is 8.17. The van der Waals surface area contributed by atoms with Gasteiger partial charge in [0, 0.05) is 11.8 Å². The van der Waals surface area contributed by atoms with Crippen molar-refractivity contribution in [2.24, 2.45) is 17.8 Å². The Balaban J connectivity index is 6.64. The predicted octanol–water partition coefficient (Wildman–Crippen LogP) is 2.64. The maximum absolute atomic E-state index is 12.8. The fourth-order valence-electron chi connectivity index (χ4n) is 2.09. The average molecular weight is 448 g/mol. The highest BCUT2D eigenvalue weighted by atomic mass is 32.3. The van der Waals surface area contributed by atoms with Crippen molar-refractivity contribution in [1.29, 1.82) is 0 Å². The first-order chi connectivity index (χ1) is 11.7. The molecule has 6 nitrogen and oxygen atoms in total. The summed E-state index contributed by atoms with van der Waals surface area (Å²) in [6.45, 7) is 4.70. The van der Waals surface area contributed by atoms with Crippen LogP contribution >= 0.6 is 0 Å². The Morgan fingerprint density at radius 3 is 1.15 bits per heavy atom. The summed E-state index contributed by atoms with van der Waals surface area (Å²) in [5.74, 6) is -6.72. The van der Waals surface area contributed by atoms with E-state index in [9.17, 15) is 52.8 Å².